The van der Waals surface area contributed by atoms with E-state index in [4.69, 9.17) is 16.3 Å². The first-order valence-corrected chi connectivity index (χ1v) is 8.19. The summed E-state index contributed by atoms with van der Waals surface area (Å²) in [5, 5.41) is 3.76. The molecule has 1 aromatic carbocycles. The number of ether oxygens (including phenoxy) is 1. The van der Waals surface area contributed by atoms with Crippen molar-refractivity contribution in [1.82, 2.24) is 19.9 Å². The average molecular weight is 364 g/mol. The smallest absolute Gasteiger partial charge is 0.352 e. The molecule has 1 atom stereocenters. The molecule has 0 amide bonds. The molecular formula is C16H18ClN5O3. The first-order chi connectivity index (χ1) is 12.1. The summed E-state index contributed by atoms with van der Waals surface area (Å²) < 4.78 is 6.22. The topological polar surface area (TPSA) is 89.4 Å². The van der Waals surface area contributed by atoms with Crippen LogP contribution in [0.1, 0.15) is 5.56 Å². The average Bonchev–Trinajstić information content (AvgIpc) is 2.64. The molecule has 0 spiro atoms. The van der Waals surface area contributed by atoms with Gasteiger partial charge in [-0.15, -0.1) is 0 Å². The molecule has 0 bridgehead atoms. The van der Waals surface area contributed by atoms with E-state index in [0.717, 1.165) is 5.56 Å². The van der Waals surface area contributed by atoms with Crippen LogP contribution in [0.25, 0.3) is 0 Å². The lowest BCUT2D eigenvalue weighted by Crippen LogP contribution is -2.56. The number of carbonyl (C=O) groups excluding carboxylic acids is 1. The van der Waals surface area contributed by atoms with Gasteiger partial charge in [-0.1, -0.05) is 23.7 Å². The lowest BCUT2D eigenvalue weighted by atomic mass is 10.2. The van der Waals surface area contributed by atoms with E-state index in [0.29, 0.717) is 31.2 Å². The second-order valence-corrected chi connectivity index (χ2v) is 6.07. The number of hydrogen-bond acceptors (Lipinski definition) is 7. The molecule has 1 fully saturated rings. The number of piperazine rings is 1. The number of aromatic nitrogens is 3. The number of nitrogens with zero attached hydrogens (tertiary/aromatic N) is 4. The molecule has 1 saturated heterocycles. The first-order valence-electron chi connectivity index (χ1n) is 7.81. The van der Waals surface area contributed by atoms with Crippen LogP contribution in [0.15, 0.2) is 35.4 Å². The summed E-state index contributed by atoms with van der Waals surface area (Å²) in [6.45, 7) is 1.95. The van der Waals surface area contributed by atoms with Crippen molar-refractivity contribution in [1.29, 1.82) is 0 Å². The van der Waals surface area contributed by atoms with E-state index in [9.17, 15) is 9.59 Å². The molecule has 8 nitrogen and oxygen atoms in total. The van der Waals surface area contributed by atoms with Crippen molar-refractivity contribution in [2.45, 2.75) is 12.6 Å². The van der Waals surface area contributed by atoms with Crippen LogP contribution in [0.3, 0.4) is 0 Å². The van der Waals surface area contributed by atoms with Crippen molar-refractivity contribution in [3.05, 3.63) is 51.7 Å². The molecule has 1 aliphatic rings. The molecule has 1 unspecified atom stereocenters. The summed E-state index contributed by atoms with van der Waals surface area (Å²) in [6, 6.07) is 6.65. The lowest BCUT2D eigenvalue weighted by molar-refractivity contribution is -0.142. The molecule has 25 heavy (non-hydrogen) atoms. The fraction of sp³-hybridized carbons (Fsp3) is 0.375. The minimum atomic E-state index is -0.551. The van der Waals surface area contributed by atoms with Crippen LogP contribution in [0.4, 0.5) is 5.95 Å². The summed E-state index contributed by atoms with van der Waals surface area (Å²) in [5.74, 6) is -0.157. The Balaban J connectivity index is 1.82. The zero-order valence-electron chi connectivity index (χ0n) is 13.7. The van der Waals surface area contributed by atoms with E-state index in [1.54, 1.807) is 17.0 Å². The molecule has 0 radical (unpaired) electrons. The Kier molecular flexibility index (Phi) is 5.30. The Morgan fingerprint density at radius 3 is 2.84 bits per heavy atom. The van der Waals surface area contributed by atoms with Gasteiger partial charge in [0, 0.05) is 24.7 Å². The minimum absolute atomic E-state index is 0.231. The molecule has 3 rings (SSSR count). The van der Waals surface area contributed by atoms with Gasteiger partial charge in [0.05, 0.1) is 13.7 Å². The number of anilines is 1. The van der Waals surface area contributed by atoms with Gasteiger partial charge in [-0.2, -0.15) is 4.98 Å². The number of nitrogens with one attached hydrogen (secondary N) is 1. The third-order valence-electron chi connectivity index (χ3n) is 3.99. The molecule has 2 heterocycles. The van der Waals surface area contributed by atoms with E-state index in [1.807, 2.05) is 12.1 Å². The maximum atomic E-state index is 12.3. The third-order valence-corrected chi connectivity index (χ3v) is 4.25. The van der Waals surface area contributed by atoms with Crippen molar-refractivity contribution < 1.29 is 9.53 Å². The summed E-state index contributed by atoms with van der Waals surface area (Å²) in [7, 11) is 1.33. The van der Waals surface area contributed by atoms with Crippen LogP contribution in [0.5, 0.6) is 0 Å². The third kappa shape index (κ3) is 3.97. The monoisotopic (exact) mass is 363 g/mol. The summed E-state index contributed by atoms with van der Waals surface area (Å²) in [5.41, 5.74) is 0.486. The quantitative estimate of drug-likeness (QED) is 0.781. The molecule has 2 aromatic rings. The highest BCUT2D eigenvalue weighted by molar-refractivity contribution is 6.30. The Morgan fingerprint density at radius 1 is 1.40 bits per heavy atom. The number of esters is 1. The molecule has 1 aliphatic heterocycles. The van der Waals surface area contributed by atoms with Gasteiger partial charge in [0.15, 0.2) is 0 Å². The first kappa shape index (κ1) is 17.4. The van der Waals surface area contributed by atoms with Crippen molar-refractivity contribution >= 4 is 23.5 Å². The lowest BCUT2D eigenvalue weighted by Gasteiger charge is -2.33. The van der Waals surface area contributed by atoms with Crippen LogP contribution in [0.2, 0.25) is 5.02 Å². The Bertz CT molecular complexity index is 808. The highest BCUT2D eigenvalue weighted by atomic mass is 35.5. The second kappa shape index (κ2) is 7.62. The maximum absolute atomic E-state index is 12.3. The zero-order valence-corrected chi connectivity index (χ0v) is 14.4. The van der Waals surface area contributed by atoms with Crippen LogP contribution in [0, 0.1) is 0 Å². The summed E-state index contributed by atoms with van der Waals surface area (Å²) >= 11 is 5.86. The molecule has 132 valence electrons. The summed E-state index contributed by atoms with van der Waals surface area (Å²) in [4.78, 5) is 34.2. The predicted octanol–water partition coefficient (Wildman–Crippen LogP) is 0.291. The number of hydrogen-bond donors (Lipinski definition) is 1. The van der Waals surface area contributed by atoms with Crippen LogP contribution in [-0.2, 0) is 16.1 Å². The van der Waals surface area contributed by atoms with E-state index < -0.39 is 11.7 Å². The fourth-order valence-electron chi connectivity index (χ4n) is 2.67. The largest absolute Gasteiger partial charge is 0.467 e. The number of methoxy groups -OCH3 is 1. The van der Waals surface area contributed by atoms with E-state index in [2.05, 4.69) is 15.3 Å². The number of carbonyl (C=O) groups is 1. The van der Waals surface area contributed by atoms with Gasteiger partial charge in [-0.25, -0.2) is 14.6 Å². The van der Waals surface area contributed by atoms with Crippen molar-refractivity contribution in [3.63, 3.8) is 0 Å². The molecule has 0 aliphatic carbocycles. The molecule has 9 heteroatoms. The predicted molar refractivity (Wildman–Crippen MR) is 92.9 cm³/mol. The molecule has 0 saturated carbocycles. The van der Waals surface area contributed by atoms with Crippen molar-refractivity contribution in [2.75, 3.05) is 31.6 Å². The molecular weight excluding hydrogens is 346 g/mol. The number of benzene rings is 1. The zero-order chi connectivity index (χ0) is 17.8. The SMILES string of the molecule is COC(=O)C1CNCCN1c1ncn(Cc2ccc(Cl)cc2)c(=O)n1. The Hall–Kier alpha value is -2.45. The van der Waals surface area contributed by atoms with Gasteiger partial charge in [0.25, 0.3) is 0 Å². The summed E-state index contributed by atoms with van der Waals surface area (Å²) in [6.07, 6.45) is 1.44. The highest BCUT2D eigenvalue weighted by Gasteiger charge is 2.31. The normalized spacial score (nSPS) is 17.4. The van der Waals surface area contributed by atoms with Crippen molar-refractivity contribution in [3.8, 4) is 0 Å². The number of rotatable bonds is 4. The number of halogens is 1. The molecule has 1 aromatic heterocycles. The van der Waals surface area contributed by atoms with E-state index in [-0.39, 0.29) is 11.9 Å². The van der Waals surface area contributed by atoms with Crippen LogP contribution < -0.4 is 15.9 Å². The van der Waals surface area contributed by atoms with Gasteiger partial charge >= 0.3 is 11.7 Å². The van der Waals surface area contributed by atoms with Gasteiger partial charge < -0.3 is 15.0 Å². The Morgan fingerprint density at radius 2 is 2.16 bits per heavy atom. The minimum Gasteiger partial charge on any atom is -0.467 e. The van der Waals surface area contributed by atoms with Gasteiger partial charge in [0.2, 0.25) is 5.95 Å². The highest BCUT2D eigenvalue weighted by Crippen LogP contribution is 2.13. The van der Waals surface area contributed by atoms with E-state index in [1.165, 1.54) is 18.0 Å². The second-order valence-electron chi connectivity index (χ2n) is 5.63. The standard InChI is InChI=1S/C16H18ClN5O3/c1-25-14(23)13-8-18-6-7-22(13)15-19-10-21(16(24)20-15)9-11-2-4-12(17)5-3-11/h2-5,10,13,18H,6-9H2,1H3. The van der Waals surface area contributed by atoms with Crippen LogP contribution >= 0.6 is 11.6 Å². The van der Waals surface area contributed by atoms with Crippen LogP contribution in [-0.4, -0.2) is 53.3 Å². The van der Waals surface area contributed by atoms with E-state index >= 15 is 0 Å². The Labute approximate surface area is 149 Å². The molecule has 1 N–H and O–H groups in total. The fourth-order valence-corrected chi connectivity index (χ4v) is 2.80. The maximum Gasteiger partial charge on any atom is 0.352 e. The van der Waals surface area contributed by atoms with Gasteiger partial charge in [-0.05, 0) is 17.7 Å². The van der Waals surface area contributed by atoms with Gasteiger partial charge in [-0.3, -0.25) is 4.57 Å². The van der Waals surface area contributed by atoms with Gasteiger partial charge in [0.1, 0.15) is 12.4 Å². The van der Waals surface area contributed by atoms with Crippen molar-refractivity contribution in [2.24, 2.45) is 0 Å².